The molecule has 2 saturated heterocycles. The second kappa shape index (κ2) is 8.21. The van der Waals surface area contributed by atoms with E-state index in [1.54, 1.807) is 0 Å². The molecular weight excluding hydrogens is 370 g/mol. The zero-order valence-corrected chi connectivity index (χ0v) is 14.9. The molecule has 0 unspecified atom stereocenters. The highest BCUT2D eigenvalue weighted by molar-refractivity contribution is 5.73. The monoisotopic (exact) mass is 397 g/mol. The van der Waals surface area contributed by atoms with Crippen LogP contribution in [0.4, 0.5) is 0 Å². The van der Waals surface area contributed by atoms with Crippen molar-refractivity contribution in [1.29, 1.82) is 0 Å². The summed E-state index contributed by atoms with van der Waals surface area (Å²) in [4.78, 5) is 11.5. The molecule has 9 atom stereocenters. The molecule has 0 aromatic carbocycles. The average Bonchev–Trinajstić information content (AvgIpc) is 2.63. The lowest BCUT2D eigenvalue weighted by atomic mass is 9.66. The summed E-state index contributed by atoms with van der Waals surface area (Å²) in [5.74, 6) is -0.609. The van der Waals surface area contributed by atoms with Crippen molar-refractivity contribution in [2.24, 2.45) is 0 Å². The second-order valence-electron chi connectivity index (χ2n) is 6.80. The van der Waals surface area contributed by atoms with Crippen LogP contribution < -0.4 is 5.32 Å². The fourth-order valence-electron chi connectivity index (χ4n) is 3.68. The Morgan fingerprint density at radius 1 is 1.19 bits per heavy atom. The quantitative estimate of drug-likeness (QED) is 0.220. The molecule has 2 fully saturated rings. The lowest BCUT2D eigenvalue weighted by Gasteiger charge is -2.58. The van der Waals surface area contributed by atoms with Crippen LogP contribution in [0.3, 0.4) is 0 Å². The third-order valence-corrected chi connectivity index (χ3v) is 5.23. The Morgan fingerprint density at radius 3 is 2.30 bits per heavy atom. The van der Waals surface area contributed by atoms with Gasteiger partial charge >= 0.3 is 0 Å². The van der Waals surface area contributed by atoms with Crippen molar-refractivity contribution in [3.05, 3.63) is 0 Å². The zero-order valence-electron chi connectivity index (χ0n) is 14.9. The van der Waals surface area contributed by atoms with Crippen molar-refractivity contribution in [3.8, 4) is 0 Å². The van der Waals surface area contributed by atoms with E-state index in [1.165, 1.54) is 7.11 Å². The molecule has 8 N–H and O–H groups in total. The molecule has 12 heteroatoms. The minimum Gasteiger partial charge on any atom is -0.394 e. The van der Waals surface area contributed by atoms with Gasteiger partial charge in [-0.3, -0.25) is 4.79 Å². The molecule has 2 heterocycles. The number of amides is 1. The van der Waals surface area contributed by atoms with Crippen LogP contribution in [0.2, 0.25) is 0 Å². The van der Waals surface area contributed by atoms with Gasteiger partial charge in [-0.2, -0.15) is 0 Å². The van der Waals surface area contributed by atoms with Crippen molar-refractivity contribution < 1.29 is 54.8 Å². The van der Waals surface area contributed by atoms with Gasteiger partial charge in [0.1, 0.15) is 36.6 Å². The lowest BCUT2D eigenvalue weighted by molar-refractivity contribution is -0.375. The Hall–Kier alpha value is -0.930. The summed E-state index contributed by atoms with van der Waals surface area (Å²) in [5.41, 5.74) is -5.51. The minimum absolute atomic E-state index is 0.609. The van der Waals surface area contributed by atoms with Gasteiger partial charge in [0.15, 0.2) is 17.5 Å². The summed E-state index contributed by atoms with van der Waals surface area (Å²) in [5, 5.41) is 74.7. The van der Waals surface area contributed by atoms with Crippen LogP contribution in [0.25, 0.3) is 0 Å². The summed E-state index contributed by atoms with van der Waals surface area (Å²) >= 11 is 0. The Labute approximate surface area is 154 Å². The molecule has 0 saturated carbocycles. The van der Waals surface area contributed by atoms with Gasteiger partial charge in [0.05, 0.1) is 19.8 Å². The summed E-state index contributed by atoms with van der Waals surface area (Å²) < 4.78 is 15.5. The van der Waals surface area contributed by atoms with E-state index in [1.807, 2.05) is 0 Å². The van der Waals surface area contributed by atoms with Crippen molar-refractivity contribution in [2.75, 3.05) is 26.9 Å². The first kappa shape index (κ1) is 22.4. The smallest absolute Gasteiger partial charge is 0.217 e. The third-order valence-electron chi connectivity index (χ3n) is 5.23. The summed E-state index contributed by atoms with van der Waals surface area (Å²) in [6.07, 6.45) is -10.1. The maximum atomic E-state index is 11.5. The summed E-state index contributed by atoms with van der Waals surface area (Å²) in [6.45, 7) is -1.25. The first-order chi connectivity index (χ1) is 12.6. The normalized spacial score (nSPS) is 48.3. The van der Waals surface area contributed by atoms with E-state index >= 15 is 0 Å². The Balaban J connectivity index is 2.47. The van der Waals surface area contributed by atoms with Gasteiger partial charge in [0.2, 0.25) is 5.91 Å². The predicted molar refractivity (Wildman–Crippen MR) is 85.1 cm³/mol. The van der Waals surface area contributed by atoms with E-state index in [0.29, 0.717) is 0 Å². The number of carbonyl (C=O) groups excluding carboxylic acids is 1. The predicted octanol–water partition coefficient (Wildman–Crippen LogP) is -5.21. The van der Waals surface area contributed by atoms with Gasteiger partial charge in [-0.05, 0) is 0 Å². The van der Waals surface area contributed by atoms with Gasteiger partial charge in [-0.25, -0.2) is 0 Å². The fraction of sp³-hybridized carbons (Fsp3) is 0.933. The molecule has 0 aliphatic carbocycles. The van der Waals surface area contributed by atoms with E-state index in [9.17, 15) is 35.4 Å². The first-order valence-corrected chi connectivity index (χ1v) is 8.36. The molecule has 0 bridgehead atoms. The van der Waals surface area contributed by atoms with E-state index in [2.05, 4.69) is 5.32 Å². The molecule has 0 aromatic rings. The highest BCUT2D eigenvalue weighted by atomic mass is 16.7. The average molecular weight is 397 g/mol. The highest BCUT2D eigenvalue weighted by Gasteiger charge is 2.70. The van der Waals surface area contributed by atoms with Gasteiger partial charge in [-0.15, -0.1) is 0 Å². The van der Waals surface area contributed by atoms with Gasteiger partial charge in [0.25, 0.3) is 0 Å². The van der Waals surface area contributed by atoms with Crippen molar-refractivity contribution in [2.45, 2.75) is 61.0 Å². The highest BCUT2D eigenvalue weighted by Crippen LogP contribution is 2.43. The molecule has 27 heavy (non-hydrogen) atoms. The number of nitrogens with one attached hydrogen (secondary N) is 1. The van der Waals surface area contributed by atoms with E-state index in [4.69, 9.17) is 19.3 Å². The second-order valence-corrected chi connectivity index (χ2v) is 6.80. The lowest BCUT2D eigenvalue weighted by Crippen LogP contribution is -2.83. The van der Waals surface area contributed by atoms with Crippen LogP contribution in [-0.2, 0) is 19.0 Å². The van der Waals surface area contributed by atoms with Crippen LogP contribution in [-0.4, -0.2) is 123 Å². The van der Waals surface area contributed by atoms with Crippen molar-refractivity contribution in [3.63, 3.8) is 0 Å². The van der Waals surface area contributed by atoms with Crippen LogP contribution in [0.1, 0.15) is 6.92 Å². The topological polar surface area (TPSA) is 198 Å². The molecule has 1 amide bonds. The Morgan fingerprint density at radius 2 is 1.81 bits per heavy atom. The third kappa shape index (κ3) is 3.46. The molecule has 2 aliphatic heterocycles. The van der Waals surface area contributed by atoms with Crippen LogP contribution in [0, 0.1) is 0 Å². The van der Waals surface area contributed by atoms with Gasteiger partial charge < -0.3 is 55.3 Å². The Kier molecular flexibility index (Phi) is 6.80. The fourth-order valence-corrected chi connectivity index (χ4v) is 3.68. The molecule has 2 aliphatic rings. The maximum absolute atomic E-state index is 11.5. The van der Waals surface area contributed by atoms with Crippen LogP contribution >= 0.6 is 0 Å². The molecule has 158 valence electrons. The molecule has 0 aromatic heterocycles. The first-order valence-electron chi connectivity index (χ1n) is 8.36. The SMILES string of the molecule is CO[C@H]1O[C@H](CO)[C@](O)([C@@]2(O)CO[C@H](CO)[C@H](O)[C@@H]2O)[C@H](O)[C@@H]1NC(C)=O. The number of aliphatic hydroxyl groups is 7. The Bertz CT molecular complexity index is 536. The maximum Gasteiger partial charge on any atom is 0.217 e. The van der Waals surface area contributed by atoms with Crippen molar-refractivity contribution in [1.82, 2.24) is 5.32 Å². The molecule has 2 rings (SSSR count). The van der Waals surface area contributed by atoms with E-state index in [0.717, 1.165) is 6.92 Å². The number of carbonyl (C=O) groups is 1. The largest absolute Gasteiger partial charge is 0.394 e. The van der Waals surface area contributed by atoms with E-state index < -0.39 is 79.8 Å². The summed E-state index contributed by atoms with van der Waals surface area (Å²) in [6, 6.07) is -1.38. The van der Waals surface area contributed by atoms with Crippen LogP contribution in [0.15, 0.2) is 0 Å². The number of aliphatic hydroxyl groups excluding tert-OH is 5. The van der Waals surface area contributed by atoms with Gasteiger partial charge in [-0.1, -0.05) is 0 Å². The standard InChI is InChI=1S/C15H27NO11/c1-6(19)16-9-11(21)15(24,8(4-18)27-13(9)25-2)14(23)5-26-7(3-17)10(20)12(14)22/h7-13,17-18,20-24H,3-5H2,1-2H3,(H,16,19)/t7-,8-,9+,10+,11-,12+,13+,14-,15-/m1/s1. The number of hydrogen-bond donors (Lipinski definition) is 8. The number of methoxy groups -OCH3 is 1. The zero-order chi connectivity index (χ0) is 20.6. The molecule has 0 spiro atoms. The minimum atomic E-state index is -2.79. The summed E-state index contributed by atoms with van der Waals surface area (Å²) in [7, 11) is 1.20. The van der Waals surface area contributed by atoms with E-state index in [-0.39, 0.29) is 0 Å². The van der Waals surface area contributed by atoms with Crippen molar-refractivity contribution >= 4 is 5.91 Å². The van der Waals surface area contributed by atoms with Crippen LogP contribution in [0.5, 0.6) is 0 Å². The molecular formula is C15H27NO11. The number of ether oxygens (including phenoxy) is 3. The van der Waals surface area contributed by atoms with Gasteiger partial charge in [0, 0.05) is 14.0 Å². The number of rotatable bonds is 5. The molecule has 12 nitrogen and oxygen atoms in total. The number of hydrogen-bond acceptors (Lipinski definition) is 11. The molecule has 0 radical (unpaired) electrons.